The predicted octanol–water partition coefficient (Wildman–Crippen LogP) is 2.94. The van der Waals surface area contributed by atoms with Crippen molar-refractivity contribution in [2.24, 2.45) is 0 Å². The van der Waals surface area contributed by atoms with Gasteiger partial charge in [-0.3, -0.25) is 9.59 Å². The molecule has 0 aliphatic heterocycles. The molecule has 2 aromatic rings. The summed E-state index contributed by atoms with van der Waals surface area (Å²) in [5, 5.41) is 2.59. The number of carbonyl (C=O) groups is 2. The average Bonchev–Trinajstić information content (AvgIpc) is 2.53. The Morgan fingerprint density at radius 3 is 2.04 bits per heavy atom. The standard InChI is InChI=1S/C19H22N2O2/c1-13-9-14(2)11-17(10-13)19(23)21(4)12-15-5-7-16(8-6-15)18(22)20-3/h5-11H,12H2,1-4H3,(H,20,22). The maximum atomic E-state index is 12.5. The fourth-order valence-corrected chi connectivity index (χ4v) is 2.57. The first kappa shape index (κ1) is 16.7. The predicted molar refractivity (Wildman–Crippen MR) is 91.5 cm³/mol. The Kier molecular flexibility index (Phi) is 5.16. The molecule has 0 fully saturated rings. The Balaban J connectivity index is 2.10. The highest BCUT2D eigenvalue weighted by Crippen LogP contribution is 2.13. The summed E-state index contributed by atoms with van der Waals surface area (Å²) in [5.41, 5.74) is 4.46. The van der Waals surface area contributed by atoms with Crippen LogP contribution < -0.4 is 5.32 Å². The lowest BCUT2D eigenvalue weighted by atomic mass is 10.1. The zero-order valence-electron chi connectivity index (χ0n) is 14.0. The molecule has 2 amide bonds. The number of benzene rings is 2. The summed E-state index contributed by atoms with van der Waals surface area (Å²) in [6.45, 7) is 4.47. The minimum Gasteiger partial charge on any atom is -0.355 e. The molecular formula is C19H22N2O2. The maximum absolute atomic E-state index is 12.5. The highest BCUT2D eigenvalue weighted by Gasteiger charge is 2.13. The van der Waals surface area contributed by atoms with E-state index in [9.17, 15) is 9.59 Å². The molecule has 0 aliphatic carbocycles. The summed E-state index contributed by atoms with van der Waals surface area (Å²) in [4.78, 5) is 25.7. The fourth-order valence-electron chi connectivity index (χ4n) is 2.57. The minimum absolute atomic E-state index is 0.00724. The van der Waals surface area contributed by atoms with Crippen LogP contribution in [0.3, 0.4) is 0 Å². The van der Waals surface area contributed by atoms with Gasteiger partial charge in [0.25, 0.3) is 11.8 Å². The molecule has 0 heterocycles. The molecule has 0 atom stereocenters. The van der Waals surface area contributed by atoms with E-state index in [2.05, 4.69) is 5.32 Å². The van der Waals surface area contributed by atoms with Gasteiger partial charge in [0.2, 0.25) is 0 Å². The molecule has 1 N–H and O–H groups in total. The number of rotatable bonds is 4. The molecule has 23 heavy (non-hydrogen) atoms. The lowest BCUT2D eigenvalue weighted by Crippen LogP contribution is -2.26. The molecule has 120 valence electrons. The number of amides is 2. The summed E-state index contributed by atoms with van der Waals surface area (Å²) < 4.78 is 0. The maximum Gasteiger partial charge on any atom is 0.253 e. The van der Waals surface area contributed by atoms with E-state index in [1.807, 2.05) is 44.2 Å². The molecule has 4 nitrogen and oxygen atoms in total. The van der Waals surface area contributed by atoms with Crippen molar-refractivity contribution < 1.29 is 9.59 Å². The molecule has 0 saturated carbocycles. The monoisotopic (exact) mass is 310 g/mol. The third kappa shape index (κ3) is 4.19. The summed E-state index contributed by atoms with van der Waals surface area (Å²) in [6.07, 6.45) is 0. The smallest absolute Gasteiger partial charge is 0.253 e. The number of hydrogen-bond donors (Lipinski definition) is 1. The lowest BCUT2D eigenvalue weighted by molar-refractivity contribution is 0.0784. The van der Waals surface area contributed by atoms with Crippen molar-refractivity contribution >= 4 is 11.8 Å². The topological polar surface area (TPSA) is 49.4 Å². The van der Waals surface area contributed by atoms with Crippen molar-refractivity contribution in [3.63, 3.8) is 0 Å². The van der Waals surface area contributed by atoms with Gasteiger partial charge in [0.1, 0.15) is 0 Å². The lowest BCUT2D eigenvalue weighted by Gasteiger charge is -2.18. The first-order valence-electron chi connectivity index (χ1n) is 7.55. The van der Waals surface area contributed by atoms with Gasteiger partial charge in [-0.2, -0.15) is 0 Å². The van der Waals surface area contributed by atoms with Crippen LogP contribution in [0, 0.1) is 13.8 Å². The molecular weight excluding hydrogens is 288 g/mol. The van der Waals surface area contributed by atoms with Crippen LogP contribution in [0.2, 0.25) is 0 Å². The highest BCUT2D eigenvalue weighted by atomic mass is 16.2. The van der Waals surface area contributed by atoms with Crippen LogP contribution in [0.25, 0.3) is 0 Å². The summed E-state index contributed by atoms with van der Waals surface area (Å²) in [5.74, 6) is -0.122. The highest BCUT2D eigenvalue weighted by molar-refractivity contribution is 5.95. The van der Waals surface area contributed by atoms with Gasteiger partial charge < -0.3 is 10.2 Å². The van der Waals surface area contributed by atoms with E-state index in [0.717, 1.165) is 16.7 Å². The minimum atomic E-state index is -0.115. The van der Waals surface area contributed by atoms with Gasteiger partial charge in [-0.25, -0.2) is 0 Å². The van der Waals surface area contributed by atoms with Gasteiger partial charge in [0, 0.05) is 31.8 Å². The molecule has 0 spiro atoms. The van der Waals surface area contributed by atoms with Crippen LogP contribution in [-0.2, 0) is 6.54 Å². The van der Waals surface area contributed by atoms with Gasteiger partial charge in [0.15, 0.2) is 0 Å². The van der Waals surface area contributed by atoms with Crippen LogP contribution in [0.1, 0.15) is 37.4 Å². The second-order valence-corrected chi connectivity index (χ2v) is 5.81. The van der Waals surface area contributed by atoms with Gasteiger partial charge in [-0.05, 0) is 43.7 Å². The third-order valence-electron chi connectivity index (χ3n) is 3.68. The van der Waals surface area contributed by atoms with Crippen molar-refractivity contribution in [2.75, 3.05) is 14.1 Å². The second kappa shape index (κ2) is 7.09. The SMILES string of the molecule is CNC(=O)c1ccc(CN(C)C(=O)c2cc(C)cc(C)c2)cc1. The summed E-state index contributed by atoms with van der Waals surface area (Å²) in [7, 11) is 3.39. The Morgan fingerprint density at radius 2 is 1.52 bits per heavy atom. The van der Waals surface area contributed by atoms with Crippen LogP contribution >= 0.6 is 0 Å². The largest absolute Gasteiger partial charge is 0.355 e. The Bertz CT molecular complexity index is 700. The quantitative estimate of drug-likeness (QED) is 0.944. The second-order valence-electron chi connectivity index (χ2n) is 5.81. The van der Waals surface area contributed by atoms with E-state index in [1.54, 1.807) is 31.1 Å². The molecule has 2 rings (SSSR count). The fraction of sp³-hybridized carbons (Fsp3) is 0.263. The summed E-state index contributed by atoms with van der Waals surface area (Å²) >= 11 is 0. The van der Waals surface area contributed by atoms with Gasteiger partial charge in [0.05, 0.1) is 0 Å². The number of nitrogens with one attached hydrogen (secondary N) is 1. The van der Waals surface area contributed by atoms with Gasteiger partial charge in [-0.1, -0.05) is 29.3 Å². The Labute approximate surface area is 137 Å². The van der Waals surface area contributed by atoms with Crippen LogP contribution in [-0.4, -0.2) is 30.8 Å². The Morgan fingerprint density at radius 1 is 0.957 bits per heavy atom. The number of hydrogen-bond acceptors (Lipinski definition) is 2. The van der Waals surface area contributed by atoms with Crippen LogP contribution in [0.4, 0.5) is 0 Å². The van der Waals surface area contributed by atoms with E-state index in [1.165, 1.54) is 0 Å². The van der Waals surface area contributed by atoms with E-state index in [0.29, 0.717) is 17.7 Å². The number of carbonyl (C=O) groups excluding carboxylic acids is 2. The van der Waals surface area contributed by atoms with Crippen LogP contribution in [0.15, 0.2) is 42.5 Å². The molecule has 2 aromatic carbocycles. The average molecular weight is 310 g/mol. The summed E-state index contributed by atoms with van der Waals surface area (Å²) in [6, 6.07) is 13.1. The van der Waals surface area contributed by atoms with Gasteiger partial charge >= 0.3 is 0 Å². The van der Waals surface area contributed by atoms with E-state index < -0.39 is 0 Å². The van der Waals surface area contributed by atoms with Gasteiger partial charge in [-0.15, -0.1) is 0 Å². The van der Waals surface area contributed by atoms with E-state index in [4.69, 9.17) is 0 Å². The Hall–Kier alpha value is -2.62. The first-order chi connectivity index (χ1) is 10.9. The van der Waals surface area contributed by atoms with Crippen LogP contribution in [0.5, 0.6) is 0 Å². The zero-order valence-corrected chi connectivity index (χ0v) is 14.0. The number of nitrogens with zero attached hydrogens (tertiary/aromatic N) is 1. The van der Waals surface area contributed by atoms with Crippen molar-refractivity contribution in [1.82, 2.24) is 10.2 Å². The first-order valence-corrected chi connectivity index (χ1v) is 7.55. The van der Waals surface area contributed by atoms with Crippen molar-refractivity contribution in [1.29, 1.82) is 0 Å². The van der Waals surface area contributed by atoms with E-state index in [-0.39, 0.29) is 11.8 Å². The molecule has 0 saturated heterocycles. The molecule has 0 radical (unpaired) electrons. The molecule has 0 unspecified atom stereocenters. The van der Waals surface area contributed by atoms with Crippen molar-refractivity contribution in [3.8, 4) is 0 Å². The van der Waals surface area contributed by atoms with Crippen molar-refractivity contribution in [2.45, 2.75) is 20.4 Å². The molecule has 0 aliphatic rings. The normalized spacial score (nSPS) is 10.3. The molecule has 4 heteroatoms. The molecule has 0 aromatic heterocycles. The zero-order chi connectivity index (χ0) is 17.0. The number of aryl methyl sites for hydroxylation is 2. The van der Waals surface area contributed by atoms with E-state index >= 15 is 0 Å². The van der Waals surface area contributed by atoms with Crippen molar-refractivity contribution in [3.05, 3.63) is 70.3 Å². The third-order valence-corrected chi connectivity index (χ3v) is 3.68. The molecule has 0 bridgehead atoms.